The van der Waals surface area contributed by atoms with Gasteiger partial charge in [-0.05, 0) is 19.8 Å². The number of carbonyl (C=O) groups excluding carboxylic acids is 5. The van der Waals surface area contributed by atoms with Crippen molar-refractivity contribution in [3.8, 4) is 0 Å². The molecule has 226 valence electrons. The van der Waals surface area contributed by atoms with E-state index >= 15 is 0 Å². The number of aliphatic hydroxyl groups is 1. The Morgan fingerprint density at radius 3 is 1.60 bits per heavy atom. The summed E-state index contributed by atoms with van der Waals surface area (Å²) >= 11 is 35.2. The van der Waals surface area contributed by atoms with Crippen LogP contribution in [0.1, 0.15) is 32.6 Å². The molecule has 3 rings (SSSR count). The van der Waals surface area contributed by atoms with Gasteiger partial charge in [-0.25, -0.2) is 0 Å². The van der Waals surface area contributed by atoms with Gasteiger partial charge in [-0.15, -0.1) is 0 Å². The quantitative estimate of drug-likeness (QED) is 0.0833. The third-order valence-corrected chi connectivity index (χ3v) is 7.65. The number of aliphatic hydroxyl groups excluding tert-OH is 1. The highest BCUT2D eigenvalue weighted by Crippen LogP contribution is 2.39. The van der Waals surface area contributed by atoms with E-state index < -0.39 is 43.4 Å². The molecule has 0 spiro atoms. The van der Waals surface area contributed by atoms with E-state index in [1.54, 1.807) is 16.7 Å². The number of hydrogen-bond donors (Lipinski definition) is 3. The number of allylic oxidation sites excluding steroid dienone is 2. The van der Waals surface area contributed by atoms with Crippen molar-refractivity contribution >= 4 is 100.0 Å². The molecule has 0 aromatic heterocycles. The summed E-state index contributed by atoms with van der Waals surface area (Å²) in [4.78, 5) is 60.1. The lowest BCUT2D eigenvalue weighted by Crippen LogP contribution is -2.63. The van der Waals surface area contributed by atoms with Crippen LogP contribution in [0.25, 0.3) is 0 Å². The van der Waals surface area contributed by atoms with Gasteiger partial charge in [0.2, 0.25) is 20.4 Å². The highest BCUT2D eigenvalue weighted by Gasteiger charge is 2.43. The number of amides is 2. The molecule has 11 nitrogen and oxygen atoms in total. The second kappa shape index (κ2) is 15.4. The number of nitrogens with one attached hydrogen (secondary N) is 2. The first-order valence-electron chi connectivity index (χ1n) is 12.3. The normalized spacial score (nSPS) is 22.4. The smallest absolute Gasteiger partial charge is 0.309 e. The van der Waals surface area contributed by atoms with Crippen molar-refractivity contribution in [1.82, 2.24) is 20.4 Å². The van der Waals surface area contributed by atoms with Crippen LogP contribution < -0.4 is 10.6 Å². The van der Waals surface area contributed by atoms with Gasteiger partial charge in [0.25, 0.3) is 0 Å². The van der Waals surface area contributed by atoms with Crippen LogP contribution in [0.2, 0.25) is 0 Å². The number of hydrogen-bond acceptors (Lipinski definition) is 9. The number of rotatable bonds is 9. The van der Waals surface area contributed by atoms with Crippen molar-refractivity contribution in [2.45, 2.75) is 52.5 Å². The molecular formula is C23H30Cl6N4O7. The summed E-state index contributed by atoms with van der Waals surface area (Å²) in [7, 11) is 0. The lowest BCUT2D eigenvalue weighted by Gasteiger charge is -2.44. The highest BCUT2D eigenvalue weighted by molar-refractivity contribution is 6.68. The van der Waals surface area contributed by atoms with E-state index in [1.165, 1.54) is 0 Å². The largest absolute Gasteiger partial charge is 0.511 e. The maximum Gasteiger partial charge on any atom is 0.309 e. The zero-order valence-corrected chi connectivity index (χ0v) is 25.9. The minimum absolute atomic E-state index is 0.0351. The first kappa shape index (κ1) is 35.1. The van der Waals surface area contributed by atoms with Crippen LogP contribution in [0.15, 0.2) is 11.3 Å². The maximum atomic E-state index is 11.9. The number of ketones is 2. The molecule has 0 aromatic rings. The Labute approximate surface area is 261 Å². The molecule has 3 N–H and O–H groups in total. The summed E-state index contributed by atoms with van der Waals surface area (Å²) in [5.41, 5.74) is -0.0851. The molecule has 3 fully saturated rings. The molecule has 1 aliphatic heterocycles. The fourth-order valence-electron chi connectivity index (χ4n) is 4.35. The summed E-state index contributed by atoms with van der Waals surface area (Å²) in [5, 5.41) is 14.8. The van der Waals surface area contributed by atoms with Crippen LogP contribution in [0.3, 0.4) is 0 Å². The summed E-state index contributed by atoms with van der Waals surface area (Å²) in [6.45, 7) is 3.67. The fourth-order valence-corrected chi connectivity index (χ4v) is 5.56. The summed E-state index contributed by atoms with van der Waals surface area (Å²) < 4.78 is 1.45. The van der Waals surface area contributed by atoms with Crippen LogP contribution in [0.4, 0.5) is 0 Å². The highest BCUT2D eigenvalue weighted by atomic mass is 35.6. The minimum Gasteiger partial charge on any atom is -0.511 e. The van der Waals surface area contributed by atoms with Gasteiger partial charge >= 0.3 is 5.97 Å². The van der Waals surface area contributed by atoms with Crippen molar-refractivity contribution in [3.05, 3.63) is 11.3 Å². The molecule has 0 bridgehead atoms. The van der Waals surface area contributed by atoms with Crippen molar-refractivity contribution in [2.75, 3.05) is 32.8 Å². The molecule has 1 heterocycles. The number of carbonyl (C=O) groups is 5. The van der Waals surface area contributed by atoms with Gasteiger partial charge in [-0.3, -0.25) is 33.8 Å². The Balaban J connectivity index is 0.000000285. The number of halogens is 6. The Hall–Kier alpha value is -1.05. The van der Waals surface area contributed by atoms with E-state index in [2.05, 4.69) is 10.6 Å². The number of nitrogens with zero attached hydrogens (tertiary/aromatic N) is 2. The van der Waals surface area contributed by atoms with Gasteiger partial charge in [0.15, 0.2) is 11.6 Å². The van der Waals surface area contributed by atoms with Gasteiger partial charge in [-0.1, -0.05) is 69.6 Å². The number of Topliss-reactive ketones (excluding diaryl/α,β-unsaturated/α-hetero) is 2. The van der Waals surface area contributed by atoms with E-state index in [0.717, 1.165) is 12.8 Å². The van der Waals surface area contributed by atoms with Crippen molar-refractivity contribution < 1.29 is 33.8 Å². The molecule has 2 amide bonds. The first-order chi connectivity index (χ1) is 18.6. The lowest BCUT2D eigenvalue weighted by molar-refractivity contribution is -0.151. The van der Waals surface area contributed by atoms with Gasteiger partial charge in [0.05, 0.1) is 18.1 Å². The molecule has 2 atom stereocenters. The average molecular weight is 687 g/mol. The predicted molar refractivity (Wildman–Crippen MR) is 151 cm³/mol. The van der Waals surface area contributed by atoms with E-state index in [0.29, 0.717) is 39.0 Å². The SMILES string of the molecule is CCOC(=O)C1CC(=O)C(=C(O)C2CC2)C(=O)C1.O=CNC(N1CCN(C(NC=O)C(Cl)(Cl)Cl)CC1)C(Cl)(Cl)Cl. The van der Waals surface area contributed by atoms with E-state index in [1.807, 2.05) is 0 Å². The van der Waals surface area contributed by atoms with E-state index in [-0.39, 0.29) is 36.7 Å². The summed E-state index contributed by atoms with van der Waals surface area (Å²) in [6, 6.07) is 0. The fraction of sp³-hybridized carbons (Fsp3) is 0.696. The predicted octanol–water partition coefficient (Wildman–Crippen LogP) is 2.81. The lowest BCUT2D eigenvalue weighted by atomic mass is 9.82. The second-order valence-electron chi connectivity index (χ2n) is 9.27. The van der Waals surface area contributed by atoms with Gasteiger partial charge in [-0.2, -0.15) is 0 Å². The monoisotopic (exact) mass is 684 g/mol. The number of ether oxygens (including phenoxy) is 1. The molecule has 2 aliphatic carbocycles. The zero-order valence-electron chi connectivity index (χ0n) is 21.4. The Kier molecular flexibility index (Phi) is 13.6. The minimum atomic E-state index is -1.68. The van der Waals surface area contributed by atoms with Crippen molar-refractivity contribution in [2.24, 2.45) is 11.8 Å². The molecule has 0 aromatic carbocycles. The molecule has 2 saturated carbocycles. The molecule has 2 unspecified atom stereocenters. The van der Waals surface area contributed by atoms with Gasteiger partial charge in [0.1, 0.15) is 18.1 Å². The summed E-state index contributed by atoms with van der Waals surface area (Å²) in [5.74, 6) is -2.19. The topological polar surface area (TPSA) is 145 Å². The number of piperazine rings is 1. The number of alkyl halides is 6. The van der Waals surface area contributed by atoms with E-state index in [9.17, 15) is 29.1 Å². The van der Waals surface area contributed by atoms with Crippen LogP contribution in [-0.2, 0) is 28.7 Å². The van der Waals surface area contributed by atoms with E-state index in [4.69, 9.17) is 74.3 Å². The van der Waals surface area contributed by atoms with Gasteiger partial charge in [0, 0.05) is 44.9 Å². The average Bonchev–Trinajstić information content (AvgIpc) is 3.70. The molecule has 0 radical (unpaired) electrons. The number of esters is 1. The van der Waals surface area contributed by atoms with Crippen LogP contribution in [0, 0.1) is 11.8 Å². The zero-order chi connectivity index (χ0) is 30.3. The Morgan fingerprint density at radius 2 is 1.30 bits per heavy atom. The molecular weight excluding hydrogens is 657 g/mol. The Bertz CT molecular complexity index is 920. The molecule has 1 saturated heterocycles. The Morgan fingerprint density at radius 1 is 0.900 bits per heavy atom. The van der Waals surface area contributed by atoms with Crippen molar-refractivity contribution in [3.63, 3.8) is 0 Å². The second-order valence-corrected chi connectivity index (χ2v) is 14.0. The van der Waals surface area contributed by atoms with Crippen LogP contribution in [0.5, 0.6) is 0 Å². The van der Waals surface area contributed by atoms with Crippen molar-refractivity contribution in [1.29, 1.82) is 0 Å². The summed E-state index contributed by atoms with van der Waals surface area (Å²) in [6.07, 6.45) is 0.931. The third kappa shape index (κ3) is 10.0. The maximum absolute atomic E-state index is 11.9. The van der Waals surface area contributed by atoms with Crippen LogP contribution in [-0.4, -0.2) is 98.0 Å². The molecule has 40 heavy (non-hydrogen) atoms. The van der Waals surface area contributed by atoms with Gasteiger partial charge < -0.3 is 20.5 Å². The molecule has 17 heteroatoms. The standard InChI is InChI=1S/C13H16O5.C10H14Cl6N4O2/c1-2-18-13(17)8-5-9(14)11(10(15)6-8)12(16)7-3-4-7;11-9(12,13)7(17-5-21)19-1-2-20(4-3-19)8(18-6-22)10(14,15)16/h7-8,16H,2-6H2,1H3;5-8H,1-4H2,(H,17,21)(H,18,22). The third-order valence-electron chi connectivity index (χ3n) is 6.41. The first-order valence-corrected chi connectivity index (χ1v) is 14.6. The molecule has 3 aliphatic rings. The van der Waals surface area contributed by atoms with Crippen LogP contribution >= 0.6 is 69.6 Å².